The molecule has 0 aliphatic heterocycles. The smallest absolute Gasteiger partial charge is 0.279 e. The van der Waals surface area contributed by atoms with Gasteiger partial charge < -0.3 is 21.9 Å². The van der Waals surface area contributed by atoms with Gasteiger partial charge in [-0.3, -0.25) is 10.2 Å². The molecule has 1 amide bonds. The summed E-state index contributed by atoms with van der Waals surface area (Å²) in [5.41, 5.74) is 13.2. The molecule has 0 aliphatic carbocycles. The zero-order chi connectivity index (χ0) is 19.1. The molecule has 0 atom stereocenters. The van der Waals surface area contributed by atoms with Crippen LogP contribution in [-0.2, 0) is 11.2 Å². The van der Waals surface area contributed by atoms with Crippen molar-refractivity contribution in [3.05, 3.63) is 65.6 Å². The van der Waals surface area contributed by atoms with Gasteiger partial charge in [0.05, 0.1) is 11.5 Å². The van der Waals surface area contributed by atoms with Gasteiger partial charge in [0.25, 0.3) is 5.91 Å². The lowest BCUT2D eigenvalue weighted by Gasteiger charge is -2.06. The average Bonchev–Trinajstić information content (AvgIpc) is 2.55. The number of amides is 1. The van der Waals surface area contributed by atoms with Crippen molar-refractivity contribution in [3.63, 3.8) is 0 Å². The zero-order valence-electron chi connectivity index (χ0n) is 14.2. The minimum Gasteiger partial charge on any atom is -0.510 e. The molecule has 0 spiro atoms. The number of amidine groups is 1. The number of rotatable bonds is 6. The number of carbonyl (C=O) groups is 1. The second kappa shape index (κ2) is 8.43. The van der Waals surface area contributed by atoms with E-state index in [2.05, 4.69) is 15.5 Å². The van der Waals surface area contributed by atoms with Crippen LogP contribution >= 0.6 is 0 Å². The quantitative estimate of drug-likeness (QED) is 0.135. The van der Waals surface area contributed by atoms with Gasteiger partial charge in [0, 0.05) is 17.8 Å². The number of nitrogens with two attached hydrogens (primary N) is 2. The Kier molecular flexibility index (Phi) is 6.05. The fourth-order valence-electron chi connectivity index (χ4n) is 2.10. The highest BCUT2D eigenvalue weighted by Crippen LogP contribution is 2.18. The van der Waals surface area contributed by atoms with Gasteiger partial charge in [-0.1, -0.05) is 18.2 Å². The number of anilines is 2. The highest BCUT2D eigenvalue weighted by molar-refractivity contribution is 6.03. The number of nitrogens with zero attached hydrogens (tertiary/aromatic N) is 2. The Labute approximate surface area is 150 Å². The van der Waals surface area contributed by atoms with Crippen LogP contribution in [0.3, 0.4) is 0 Å². The van der Waals surface area contributed by atoms with Gasteiger partial charge in [-0.2, -0.15) is 5.11 Å². The van der Waals surface area contributed by atoms with Crippen LogP contribution in [-0.4, -0.2) is 16.8 Å². The van der Waals surface area contributed by atoms with Gasteiger partial charge in [0.1, 0.15) is 5.76 Å². The second-order valence-corrected chi connectivity index (χ2v) is 5.58. The third kappa shape index (κ3) is 5.45. The van der Waals surface area contributed by atoms with Crippen LogP contribution in [0.4, 0.5) is 17.1 Å². The van der Waals surface area contributed by atoms with E-state index in [4.69, 9.17) is 16.9 Å². The van der Waals surface area contributed by atoms with Gasteiger partial charge in [0.2, 0.25) is 0 Å². The Bertz CT molecular complexity index is 868. The number of nitrogen functional groups attached to an aromatic ring is 1. The van der Waals surface area contributed by atoms with Crippen molar-refractivity contribution in [2.24, 2.45) is 16.0 Å². The molecule has 7 N–H and O–H groups in total. The monoisotopic (exact) mass is 352 g/mol. The molecular formula is C18H20N6O2. The van der Waals surface area contributed by atoms with E-state index in [1.807, 2.05) is 0 Å². The Hall–Kier alpha value is -3.68. The topological polar surface area (TPSA) is 150 Å². The third-order valence-corrected chi connectivity index (χ3v) is 3.30. The van der Waals surface area contributed by atoms with Crippen molar-refractivity contribution >= 4 is 28.8 Å². The summed E-state index contributed by atoms with van der Waals surface area (Å²) in [5.74, 6) is -0.797. The fourth-order valence-corrected chi connectivity index (χ4v) is 2.10. The largest absolute Gasteiger partial charge is 0.510 e. The molecule has 0 fully saturated rings. The first kappa shape index (κ1) is 18.7. The summed E-state index contributed by atoms with van der Waals surface area (Å²) in [6.45, 7) is 1.35. The van der Waals surface area contributed by atoms with Gasteiger partial charge in [0.15, 0.2) is 5.70 Å². The van der Waals surface area contributed by atoms with Crippen molar-refractivity contribution in [3.8, 4) is 0 Å². The highest BCUT2D eigenvalue weighted by atomic mass is 16.3. The number of nitrogens with one attached hydrogen (secondary N) is 2. The molecule has 8 nitrogen and oxygen atoms in total. The number of hydrogen-bond acceptors (Lipinski definition) is 6. The molecule has 8 heteroatoms. The summed E-state index contributed by atoms with van der Waals surface area (Å²) in [7, 11) is 0. The molecular weight excluding hydrogens is 332 g/mol. The van der Waals surface area contributed by atoms with Crippen LogP contribution in [0.5, 0.6) is 0 Å². The van der Waals surface area contributed by atoms with E-state index >= 15 is 0 Å². The third-order valence-electron chi connectivity index (χ3n) is 3.30. The predicted octanol–water partition coefficient (Wildman–Crippen LogP) is 3.26. The summed E-state index contributed by atoms with van der Waals surface area (Å²) in [6, 6.07) is 13.5. The van der Waals surface area contributed by atoms with E-state index in [9.17, 15) is 9.90 Å². The molecule has 2 aromatic carbocycles. The Morgan fingerprint density at radius 1 is 1.23 bits per heavy atom. The minimum absolute atomic E-state index is 0.0683. The number of carbonyl (C=O) groups excluding carboxylic acids is 1. The molecule has 134 valence electrons. The lowest BCUT2D eigenvalue weighted by atomic mass is 10.1. The summed E-state index contributed by atoms with van der Waals surface area (Å²) in [6.07, 6.45) is 0.348. The summed E-state index contributed by atoms with van der Waals surface area (Å²) >= 11 is 0. The molecule has 0 saturated carbocycles. The molecule has 0 saturated heterocycles. The Morgan fingerprint density at radius 3 is 2.50 bits per heavy atom. The second-order valence-electron chi connectivity index (χ2n) is 5.58. The maximum atomic E-state index is 12.3. The van der Waals surface area contributed by atoms with Crippen molar-refractivity contribution in [2.45, 2.75) is 13.3 Å². The van der Waals surface area contributed by atoms with E-state index in [1.165, 1.54) is 6.92 Å². The number of hydrogen-bond donors (Lipinski definition) is 5. The van der Waals surface area contributed by atoms with Crippen LogP contribution in [0.15, 0.2) is 70.2 Å². The van der Waals surface area contributed by atoms with E-state index in [0.29, 0.717) is 23.5 Å². The highest BCUT2D eigenvalue weighted by Gasteiger charge is 2.13. The standard InChI is InChI=1S/C18H20N6O2/c1-11(25)17(18(26)22-15-4-2-3-13(19)10-15)24-23-14-7-5-12(6-8-14)9-16(20)21/h2-8,10,25H,9,19H2,1H3,(H3,20,21)(H,22,26). The lowest BCUT2D eigenvalue weighted by molar-refractivity contribution is -0.113. The average molecular weight is 352 g/mol. The molecule has 26 heavy (non-hydrogen) atoms. The summed E-state index contributed by atoms with van der Waals surface area (Å²) in [5, 5.41) is 27.4. The molecule has 0 heterocycles. The molecule has 0 radical (unpaired) electrons. The normalized spacial score (nSPS) is 11.9. The SMILES string of the molecule is CC(O)=C(N=Nc1ccc(CC(=N)N)cc1)C(=O)Nc1cccc(N)c1. The van der Waals surface area contributed by atoms with E-state index < -0.39 is 5.91 Å². The van der Waals surface area contributed by atoms with Gasteiger partial charge in [-0.15, -0.1) is 5.11 Å². The van der Waals surface area contributed by atoms with Crippen LogP contribution in [0.2, 0.25) is 0 Å². The van der Waals surface area contributed by atoms with Crippen LogP contribution < -0.4 is 16.8 Å². The van der Waals surface area contributed by atoms with Crippen molar-refractivity contribution in [2.75, 3.05) is 11.1 Å². The first-order valence-corrected chi connectivity index (χ1v) is 7.75. The van der Waals surface area contributed by atoms with Gasteiger partial charge in [-0.25, -0.2) is 0 Å². The van der Waals surface area contributed by atoms with Crippen molar-refractivity contribution in [1.82, 2.24) is 0 Å². The van der Waals surface area contributed by atoms with Crippen molar-refractivity contribution < 1.29 is 9.90 Å². The number of benzene rings is 2. The molecule has 0 unspecified atom stereocenters. The number of aliphatic hydroxyl groups excluding tert-OH is 1. The summed E-state index contributed by atoms with van der Waals surface area (Å²) < 4.78 is 0. The van der Waals surface area contributed by atoms with Crippen LogP contribution in [0, 0.1) is 5.41 Å². The first-order valence-electron chi connectivity index (χ1n) is 7.75. The lowest BCUT2D eigenvalue weighted by Crippen LogP contribution is -2.14. The Balaban J connectivity index is 2.12. The fraction of sp³-hybridized carbons (Fsp3) is 0.111. The number of aliphatic hydroxyl groups is 1. The molecule has 0 aromatic heterocycles. The van der Waals surface area contributed by atoms with E-state index in [1.54, 1.807) is 48.5 Å². The maximum absolute atomic E-state index is 12.3. The minimum atomic E-state index is -0.604. The van der Waals surface area contributed by atoms with Gasteiger partial charge >= 0.3 is 0 Å². The van der Waals surface area contributed by atoms with Crippen LogP contribution in [0.25, 0.3) is 0 Å². The predicted molar refractivity (Wildman–Crippen MR) is 101 cm³/mol. The molecule has 0 bridgehead atoms. The molecule has 2 rings (SSSR count). The maximum Gasteiger partial charge on any atom is 0.279 e. The Morgan fingerprint density at radius 2 is 1.92 bits per heavy atom. The van der Waals surface area contributed by atoms with Gasteiger partial charge in [-0.05, 0) is 42.8 Å². The first-order chi connectivity index (χ1) is 12.3. The van der Waals surface area contributed by atoms with E-state index in [0.717, 1.165) is 5.56 Å². The molecule has 2 aromatic rings. The number of azo groups is 1. The number of allylic oxidation sites excluding steroid dienone is 1. The van der Waals surface area contributed by atoms with E-state index in [-0.39, 0.29) is 17.3 Å². The zero-order valence-corrected chi connectivity index (χ0v) is 14.2. The van der Waals surface area contributed by atoms with Crippen molar-refractivity contribution in [1.29, 1.82) is 5.41 Å². The van der Waals surface area contributed by atoms with Crippen LogP contribution in [0.1, 0.15) is 12.5 Å². The molecule has 0 aliphatic rings. The summed E-state index contributed by atoms with van der Waals surface area (Å²) in [4.78, 5) is 12.3.